The minimum Gasteiger partial charge on any atom is -0.399 e. The highest BCUT2D eigenvalue weighted by Gasteiger charge is 2.30. The number of hydrogen-bond donors (Lipinski definition) is 1. The molecular weight excluding hydrogens is 371 g/mol. The van der Waals surface area contributed by atoms with Crippen molar-refractivity contribution >= 4 is 11.9 Å². The topological polar surface area (TPSA) is 55.2 Å². The summed E-state index contributed by atoms with van der Waals surface area (Å²) in [5.41, 5.74) is 1.89. The molecule has 0 saturated heterocycles. The van der Waals surface area contributed by atoms with Gasteiger partial charge < -0.3 is 15.0 Å². The summed E-state index contributed by atoms with van der Waals surface area (Å²) >= 11 is 0. The SMILES string of the molecule is CNC/C(=N/OC)c1ccccc1/C=N/OC(C)c1cccc(C(F)(F)F)c1. The van der Waals surface area contributed by atoms with E-state index in [-0.39, 0.29) is 0 Å². The van der Waals surface area contributed by atoms with Crippen LogP contribution in [-0.2, 0) is 15.9 Å². The second-order valence-corrected chi connectivity index (χ2v) is 5.94. The molecular formula is C20H22F3N3O2. The van der Waals surface area contributed by atoms with Crippen molar-refractivity contribution in [2.45, 2.75) is 19.2 Å². The van der Waals surface area contributed by atoms with Crippen LogP contribution in [0.1, 0.15) is 35.3 Å². The average molecular weight is 393 g/mol. The largest absolute Gasteiger partial charge is 0.416 e. The minimum absolute atomic E-state index is 0.386. The molecule has 2 aromatic rings. The van der Waals surface area contributed by atoms with Crippen LogP contribution < -0.4 is 5.32 Å². The molecule has 1 atom stereocenters. The molecule has 8 heteroatoms. The molecule has 0 aliphatic rings. The van der Waals surface area contributed by atoms with Gasteiger partial charge in [0.25, 0.3) is 0 Å². The summed E-state index contributed by atoms with van der Waals surface area (Å²) in [6.45, 7) is 2.12. The molecule has 0 saturated carbocycles. The molecule has 2 rings (SSSR count). The summed E-state index contributed by atoms with van der Waals surface area (Å²) in [6, 6.07) is 12.4. The summed E-state index contributed by atoms with van der Waals surface area (Å²) in [5, 5.41) is 11.0. The van der Waals surface area contributed by atoms with E-state index in [9.17, 15) is 13.2 Å². The molecule has 1 N–H and O–H groups in total. The van der Waals surface area contributed by atoms with Crippen LogP contribution >= 0.6 is 0 Å². The van der Waals surface area contributed by atoms with Gasteiger partial charge in [0.2, 0.25) is 0 Å². The Morgan fingerprint density at radius 2 is 1.93 bits per heavy atom. The maximum absolute atomic E-state index is 12.9. The van der Waals surface area contributed by atoms with E-state index in [1.54, 1.807) is 20.0 Å². The number of rotatable bonds is 8. The minimum atomic E-state index is -4.40. The third-order valence-electron chi connectivity index (χ3n) is 3.91. The molecule has 0 aliphatic heterocycles. The number of halogens is 3. The predicted molar refractivity (Wildman–Crippen MR) is 102 cm³/mol. The predicted octanol–water partition coefficient (Wildman–Crippen LogP) is 4.39. The van der Waals surface area contributed by atoms with E-state index in [4.69, 9.17) is 9.68 Å². The van der Waals surface area contributed by atoms with Crippen molar-refractivity contribution in [3.63, 3.8) is 0 Å². The lowest BCUT2D eigenvalue weighted by Gasteiger charge is -2.13. The van der Waals surface area contributed by atoms with Gasteiger partial charge in [-0.15, -0.1) is 0 Å². The molecule has 0 bridgehead atoms. The third kappa shape index (κ3) is 5.82. The van der Waals surface area contributed by atoms with Crippen LogP contribution in [-0.4, -0.2) is 32.6 Å². The summed E-state index contributed by atoms with van der Waals surface area (Å²) in [5.74, 6) is 0. The molecule has 5 nitrogen and oxygen atoms in total. The number of likely N-dealkylation sites (N-methyl/N-ethyl adjacent to an activating group) is 1. The van der Waals surface area contributed by atoms with Gasteiger partial charge in [0.05, 0.1) is 11.8 Å². The van der Waals surface area contributed by atoms with Gasteiger partial charge >= 0.3 is 6.18 Å². The first-order valence-corrected chi connectivity index (χ1v) is 8.57. The fourth-order valence-electron chi connectivity index (χ4n) is 2.53. The van der Waals surface area contributed by atoms with E-state index < -0.39 is 17.8 Å². The number of nitrogens with one attached hydrogen (secondary N) is 1. The Morgan fingerprint density at radius 1 is 1.18 bits per heavy atom. The number of alkyl halides is 3. The first-order chi connectivity index (χ1) is 13.4. The molecule has 0 heterocycles. The van der Waals surface area contributed by atoms with Crippen molar-refractivity contribution in [1.82, 2.24) is 5.32 Å². The zero-order valence-electron chi connectivity index (χ0n) is 15.8. The van der Waals surface area contributed by atoms with Crippen molar-refractivity contribution < 1.29 is 22.8 Å². The summed E-state index contributed by atoms with van der Waals surface area (Å²) in [7, 11) is 3.26. The van der Waals surface area contributed by atoms with Crippen molar-refractivity contribution in [2.75, 3.05) is 20.7 Å². The first kappa shape index (κ1) is 21.4. The van der Waals surface area contributed by atoms with Gasteiger partial charge in [0, 0.05) is 17.7 Å². The molecule has 0 radical (unpaired) electrons. The Labute approximate surface area is 161 Å². The van der Waals surface area contributed by atoms with Crippen LogP contribution in [0.25, 0.3) is 0 Å². The van der Waals surface area contributed by atoms with Gasteiger partial charge in [0.1, 0.15) is 18.9 Å². The van der Waals surface area contributed by atoms with Crippen LogP contribution in [0.4, 0.5) is 13.2 Å². The summed E-state index contributed by atoms with van der Waals surface area (Å²) < 4.78 is 38.6. The zero-order valence-corrected chi connectivity index (χ0v) is 15.8. The van der Waals surface area contributed by atoms with E-state index in [0.717, 1.165) is 23.3 Å². The van der Waals surface area contributed by atoms with E-state index >= 15 is 0 Å². The van der Waals surface area contributed by atoms with Crippen molar-refractivity contribution in [2.24, 2.45) is 10.3 Å². The summed E-state index contributed by atoms with van der Waals surface area (Å²) in [4.78, 5) is 10.3. The second kappa shape index (κ2) is 9.89. The second-order valence-electron chi connectivity index (χ2n) is 5.94. The van der Waals surface area contributed by atoms with Crippen LogP contribution in [0, 0.1) is 0 Å². The molecule has 0 aliphatic carbocycles. The Balaban J connectivity index is 2.16. The van der Waals surface area contributed by atoms with Crippen LogP contribution in [0.15, 0.2) is 58.8 Å². The molecule has 28 heavy (non-hydrogen) atoms. The smallest absolute Gasteiger partial charge is 0.399 e. The van der Waals surface area contributed by atoms with Crippen LogP contribution in [0.2, 0.25) is 0 Å². The molecule has 2 aromatic carbocycles. The fraction of sp³-hybridized carbons (Fsp3) is 0.300. The highest BCUT2D eigenvalue weighted by Crippen LogP contribution is 2.31. The number of oxime groups is 2. The van der Waals surface area contributed by atoms with Crippen LogP contribution in [0.5, 0.6) is 0 Å². The Hall–Kier alpha value is -2.87. The van der Waals surface area contributed by atoms with Gasteiger partial charge in [0.15, 0.2) is 0 Å². The highest BCUT2D eigenvalue weighted by molar-refractivity contribution is 6.07. The van der Waals surface area contributed by atoms with E-state index in [1.807, 2.05) is 24.3 Å². The lowest BCUT2D eigenvalue weighted by atomic mass is 10.0. The van der Waals surface area contributed by atoms with E-state index in [1.165, 1.54) is 19.4 Å². The molecule has 0 spiro atoms. The maximum Gasteiger partial charge on any atom is 0.416 e. The Kier molecular flexibility index (Phi) is 7.57. The number of hydrogen-bond acceptors (Lipinski definition) is 5. The van der Waals surface area contributed by atoms with Gasteiger partial charge in [-0.25, -0.2) is 0 Å². The quantitative estimate of drug-likeness (QED) is 0.535. The molecule has 0 fully saturated rings. The lowest BCUT2D eigenvalue weighted by Crippen LogP contribution is -2.21. The fourth-order valence-corrected chi connectivity index (χ4v) is 2.53. The van der Waals surface area contributed by atoms with E-state index in [0.29, 0.717) is 17.8 Å². The first-order valence-electron chi connectivity index (χ1n) is 8.57. The number of benzene rings is 2. The van der Waals surface area contributed by atoms with Gasteiger partial charge in [-0.3, -0.25) is 0 Å². The van der Waals surface area contributed by atoms with E-state index in [2.05, 4.69) is 15.6 Å². The van der Waals surface area contributed by atoms with Gasteiger partial charge in [-0.2, -0.15) is 13.2 Å². The lowest BCUT2D eigenvalue weighted by molar-refractivity contribution is -0.137. The third-order valence-corrected chi connectivity index (χ3v) is 3.91. The monoisotopic (exact) mass is 393 g/mol. The summed E-state index contributed by atoms with van der Waals surface area (Å²) in [6.07, 6.45) is -3.54. The average Bonchev–Trinajstić information content (AvgIpc) is 2.67. The molecule has 0 amide bonds. The molecule has 150 valence electrons. The number of nitrogens with zero attached hydrogens (tertiary/aromatic N) is 2. The van der Waals surface area contributed by atoms with Crippen molar-refractivity contribution in [3.05, 3.63) is 70.8 Å². The molecule has 1 unspecified atom stereocenters. The van der Waals surface area contributed by atoms with Gasteiger partial charge in [-0.1, -0.05) is 46.7 Å². The van der Waals surface area contributed by atoms with Crippen LogP contribution in [0.3, 0.4) is 0 Å². The normalized spacial score (nSPS) is 13.6. The highest BCUT2D eigenvalue weighted by atomic mass is 19.4. The van der Waals surface area contributed by atoms with Crippen molar-refractivity contribution in [3.8, 4) is 0 Å². The van der Waals surface area contributed by atoms with Gasteiger partial charge in [-0.05, 0) is 31.7 Å². The molecule has 0 aromatic heterocycles. The Bertz CT molecular complexity index is 835. The zero-order chi connectivity index (χ0) is 20.6. The maximum atomic E-state index is 12.9. The Morgan fingerprint density at radius 3 is 2.61 bits per heavy atom. The van der Waals surface area contributed by atoms with Crippen molar-refractivity contribution in [1.29, 1.82) is 0 Å². The standard InChI is InChI=1S/C20H22F3N3O2/c1-14(15-8-6-9-17(11-15)20(21,22)23)28-25-12-16-7-4-5-10-18(16)19(13-24-2)26-27-3/h4-12,14,24H,13H2,1-3H3/b25-12+,26-19-.